The fourth-order valence-corrected chi connectivity index (χ4v) is 6.84. The fourth-order valence-electron chi connectivity index (χ4n) is 6.09. The number of alkyl halides is 1. The highest BCUT2D eigenvalue weighted by Crippen LogP contribution is 2.37. The average molecular weight is 608 g/mol. The molecule has 2 aromatic rings. The Morgan fingerprint density at radius 2 is 1.95 bits per heavy atom. The first kappa shape index (κ1) is 28.3. The van der Waals surface area contributed by atoms with Gasteiger partial charge in [0.1, 0.15) is 24.0 Å². The number of nitrogens with one attached hydrogen (secondary N) is 2. The molecule has 0 saturated carbocycles. The lowest BCUT2D eigenvalue weighted by Crippen LogP contribution is -2.45. The molecule has 4 aliphatic rings. The number of amides is 1. The Hall–Kier alpha value is -2.87. The van der Waals surface area contributed by atoms with E-state index in [-0.39, 0.29) is 29.4 Å². The van der Waals surface area contributed by atoms with Gasteiger partial charge in [0.25, 0.3) is 5.91 Å². The number of hydrogen-bond donors (Lipinski definition) is 2. The van der Waals surface area contributed by atoms with Crippen molar-refractivity contribution in [1.29, 1.82) is 0 Å². The molecule has 3 fully saturated rings. The number of ether oxygens (including phenoxy) is 1. The molecule has 222 valence electrons. The number of piperidine rings is 1. The van der Waals surface area contributed by atoms with E-state index in [2.05, 4.69) is 25.9 Å². The van der Waals surface area contributed by atoms with Crippen LogP contribution in [0.2, 0.25) is 5.02 Å². The Morgan fingerprint density at radius 3 is 2.68 bits per heavy atom. The van der Waals surface area contributed by atoms with Crippen molar-refractivity contribution in [2.75, 3.05) is 62.2 Å². The van der Waals surface area contributed by atoms with E-state index in [9.17, 15) is 17.6 Å². The van der Waals surface area contributed by atoms with Crippen molar-refractivity contribution >= 4 is 44.9 Å². The van der Waals surface area contributed by atoms with Gasteiger partial charge in [-0.1, -0.05) is 11.6 Å². The molecule has 3 atom stereocenters. The van der Waals surface area contributed by atoms with Crippen LogP contribution < -0.4 is 10.0 Å². The summed E-state index contributed by atoms with van der Waals surface area (Å²) in [6.45, 7) is 4.22. The summed E-state index contributed by atoms with van der Waals surface area (Å²) in [7, 11) is -3.61. The van der Waals surface area contributed by atoms with Crippen LogP contribution in [0.15, 0.2) is 30.3 Å². The lowest BCUT2D eigenvalue weighted by molar-refractivity contribution is 0.0594. The molecule has 5 heterocycles. The van der Waals surface area contributed by atoms with Crippen molar-refractivity contribution in [3.8, 4) is 0 Å². The topological polar surface area (TPSA) is 112 Å². The quantitative estimate of drug-likeness (QED) is 0.515. The van der Waals surface area contributed by atoms with E-state index in [4.69, 9.17) is 21.4 Å². The standard InChI is InChI=1S/C27H35ClFN7O4S/c1-41(38,39)32-21-6-5-18(28)14-20(21)27(37)35-8-3-2-4-23(35)22-15-25-30-24(34-9-7-19(29)17-34)16-26(36(25)31-22)33-10-12-40-13-11-33/h5-6,14-16,19,23-24,30,32H,2-4,7-13,17H2,1H3/t19?,23-,24?/m0/s1. The number of benzene rings is 1. The van der Waals surface area contributed by atoms with E-state index in [0.29, 0.717) is 50.7 Å². The van der Waals surface area contributed by atoms with Gasteiger partial charge in [0.05, 0.1) is 42.5 Å². The molecule has 3 saturated heterocycles. The zero-order chi connectivity index (χ0) is 28.7. The fraction of sp³-hybridized carbons (Fsp3) is 0.556. The van der Waals surface area contributed by atoms with Gasteiger partial charge in [-0.25, -0.2) is 17.5 Å². The summed E-state index contributed by atoms with van der Waals surface area (Å²) < 4.78 is 48.0. The third-order valence-electron chi connectivity index (χ3n) is 8.05. The highest BCUT2D eigenvalue weighted by molar-refractivity contribution is 7.92. The molecule has 0 radical (unpaired) electrons. The van der Waals surface area contributed by atoms with Gasteiger partial charge in [-0.3, -0.25) is 14.4 Å². The molecule has 11 nitrogen and oxygen atoms in total. The molecule has 0 bridgehead atoms. The maximum absolute atomic E-state index is 14.1. The van der Waals surface area contributed by atoms with Gasteiger partial charge < -0.3 is 19.9 Å². The van der Waals surface area contributed by atoms with Gasteiger partial charge in [0, 0.05) is 43.8 Å². The Labute approximate surface area is 244 Å². The number of aromatic nitrogens is 2. The lowest BCUT2D eigenvalue weighted by atomic mass is 9.98. The Bertz CT molecular complexity index is 1440. The van der Waals surface area contributed by atoms with Gasteiger partial charge in [0.15, 0.2) is 0 Å². The Balaban J connectivity index is 1.33. The number of halogens is 2. The van der Waals surface area contributed by atoms with Crippen LogP contribution in [0, 0.1) is 0 Å². The third kappa shape index (κ3) is 6.04. The first-order valence-corrected chi connectivity index (χ1v) is 16.3. The largest absolute Gasteiger partial charge is 0.378 e. The summed E-state index contributed by atoms with van der Waals surface area (Å²) in [5.41, 5.74) is 1.12. The number of anilines is 2. The number of fused-ring (bicyclic) bond motifs is 1. The van der Waals surface area contributed by atoms with Gasteiger partial charge in [-0.15, -0.1) is 0 Å². The van der Waals surface area contributed by atoms with Crippen molar-refractivity contribution in [1.82, 2.24) is 24.5 Å². The second kappa shape index (κ2) is 11.4. The highest BCUT2D eigenvalue weighted by Gasteiger charge is 2.36. The van der Waals surface area contributed by atoms with E-state index >= 15 is 0 Å². The van der Waals surface area contributed by atoms with E-state index in [0.717, 1.165) is 49.5 Å². The summed E-state index contributed by atoms with van der Waals surface area (Å²) in [4.78, 5) is 20.1. The summed E-state index contributed by atoms with van der Waals surface area (Å²) >= 11 is 6.24. The zero-order valence-corrected chi connectivity index (χ0v) is 24.5. The second-order valence-electron chi connectivity index (χ2n) is 11.0. The average Bonchev–Trinajstić information content (AvgIpc) is 3.59. The van der Waals surface area contributed by atoms with Gasteiger partial charge in [-0.2, -0.15) is 5.10 Å². The summed E-state index contributed by atoms with van der Waals surface area (Å²) in [5, 5.41) is 8.89. The van der Waals surface area contributed by atoms with Crippen LogP contribution >= 0.6 is 11.6 Å². The predicted octanol–water partition coefficient (Wildman–Crippen LogP) is 3.20. The van der Waals surface area contributed by atoms with E-state index in [1.165, 1.54) is 12.1 Å². The van der Waals surface area contributed by atoms with E-state index in [1.807, 2.05) is 10.7 Å². The third-order valence-corrected chi connectivity index (χ3v) is 8.88. The van der Waals surface area contributed by atoms with Crippen LogP contribution in [0.25, 0.3) is 5.82 Å². The van der Waals surface area contributed by atoms with Crippen molar-refractivity contribution in [3.05, 3.63) is 46.6 Å². The maximum Gasteiger partial charge on any atom is 0.256 e. The SMILES string of the molecule is CS(=O)(=O)Nc1ccc(Cl)cc1C(=O)N1CCCC[C@H]1c1cc2n(n1)C(N1CCOCC1)=CC(N1CCC(F)C1)N2. The number of rotatable bonds is 6. The van der Waals surface area contributed by atoms with Crippen LogP contribution in [0.1, 0.15) is 47.8 Å². The number of likely N-dealkylation sites (tertiary alicyclic amines) is 2. The highest BCUT2D eigenvalue weighted by atomic mass is 35.5. The summed E-state index contributed by atoms with van der Waals surface area (Å²) in [6, 6.07) is 6.23. The van der Waals surface area contributed by atoms with E-state index in [1.54, 1.807) is 11.0 Å². The van der Waals surface area contributed by atoms with Crippen LogP contribution in [-0.2, 0) is 14.8 Å². The summed E-state index contributed by atoms with van der Waals surface area (Å²) in [5.74, 6) is 1.40. The number of sulfonamides is 1. The van der Waals surface area contributed by atoms with Gasteiger partial charge in [0.2, 0.25) is 10.0 Å². The molecule has 2 unspecified atom stereocenters. The van der Waals surface area contributed by atoms with Crippen LogP contribution in [-0.4, -0.2) is 103 Å². The smallest absolute Gasteiger partial charge is 0.256 e. The molecule has 14 heteroatoms. The maximum atomic E-state index is 14.1. The number of hydrogen-bond acceptors (Lipinski definition) is 8. The van der Waals surface area contributed by atoms with Crippen molar-refractivity contribution in [2.24, 2.45) is 0 Å². The van der Waals surface area contributed by atoms with Crippen molar-refractivity contribution < 1.29 is 22.3 Å². The Kier molecular flexibility index (Phi) is 7.88. The van der Waals surface area contributed by atoms with E-state index < -0.39 is 16.2 Å². The predicted molar refractivity (Wildman–Crippen MR) is 155 cm³/mol. The number of nitrogens with zero attached hydrogens (tertiary/aromatic N) is 5. The van der Waals surface area contributed by atoms with Crippen LogP contribution in [0.5, 0.6) is 0 Å². The minimum Gasteiger partial charge on any atom is -0.378 e. The molecule has 4 aliphatic heterocycles. The van der Waals surface area contributed by atoms with Gasteiger partial charge >= 0.3 is 0 Å². The molecule has 0 aliphatic carbocycles. The zero-order valence-electron chi connectivity index (χ0n) is 22.9. The van der Waals surface area contributed by atoms with Crippen LogP contribution in [0.3, 0.4) is 0 Å². The monoisotopic (exact) mass is 607 g/mol. The molecular formula is C27H35ClFN7O4S. The molecule has 2 N–H and O–H groups in total. The molecule has 41 heavy (non-hydrogen) atoms. The van der Waals surface area contributed by atoms with Crippen molar-refractivity contribution in [2.45, 2.75) is 44.1 Å². The first-order chi connectivity index (χ1) is 19.7. The molecule has 6 rings (SSSR count). The molecular weight excluding hydrogens is 573 g/mol. The van der Waals surface area contributed by atoms with Crippen molar-refractivity contribution in [3.63, 3.8) is 0 Å². The van der Waals surface area contributed by atoms with Crippen LogP contribution in [0.4, 0.5) is 15.9 Å². The summed E-state index contributed by atoms with van der Waals surface area (Å²) in [6.07, 6.45) is 5.12. The normalized spacial score (nSPS) is 25.4. The number of carbonyl (C=O) groups is 1. The Morgan fingerprint density at radius 1 is 1.15 bits per heavy atom. The van der Waals surface area contributed by atoms with Gasteiger partial charge in [-0.05, 0) is 50.0 Å². The molecule has 0 spiro atoms. The minimum atomic E-state index is -3.61. The first-order valence-electron chi connectivity index (χ1n) is 14.0. The number of morpholine rings is 1. The molecule has 1 aromatic heterocycles. The minimum absolute atomic E-state index is 0.175. The number of carbonyl (C=O) groups excluding carboxylic acids is 1. The second-order valence-corrected chi connectivity index (χ2v) is 13.2. The lowest BCUT2D eigenvalue weighted by Gasteiger charge is -2.37. The molecule has 1 aromatic carbocycles. The molecule has 1 amide bonds.